The highest BCUT2D eigenvalue weighted by atomic mass is 19.4. The van der Waals surface area contributed by atoms with E-state index in [1.807, 2.05) is 0 Å². The fourth-order valence-corrected chi connectivity index (χ4v) is 1.37. The number of carbonyl (C=O) groups is 1. The van der Waals surface area contributed by atoms with Gasteiger partial charge in [0.1, 0.15) is 0 Å². The quantitative estimate of drug-likeness (QED) is 0.833. The van der Waals surface area contributed by atoms with Gasteiger partial charge in [0.15, 0.2) is 5.78 Å². The Morgan fingerprint density at radius 1 is 1.41 bits per heavy atom. The van der Waals surface area contributed by atoms with E-state index in [1.54, 1.807) is 13.8 Å². The molecular weight excluding hydrogens is 233 g/mol. The lowest BCUT2D eigenvalue weighted by atomic mass is 9.94. The van der Waals surface area contributed by atoms with Crippen LogP contribution in [0.3, 0.4) is 0 Å². The Labute approximate surface area is 96.8 Å². The van der Waals surface area contributed by atoms with Crippen molar-refractivity contribution in [1.29, 1.82) is 0 Å². The van der Waals surface area contributed by atoms with E-state index in [0.29, 0.717) is 0 Å². The molecule has 6 heteroatoms. The van der Waals surface area contributed by atoms with E-state index in [-0.39, 0.29) is 6.42 Å². The van der Waals surface area contributed by atoms with Gasteiger partial charge in [-0.15, -0.1) is 0 Å². The summed E-state index contributed by atoms with van der Waals surface area (Å²) in [5.41, 5.74) is 3.36. The normalized spacial score (nSPS) is 12.6. The van der Waals surface area contributed by atoms with Gasteiger partial charge in [-0.2, -0.15) is 13.2 Å². The number of hydrogen-bond acceptors (Lipinski definition) is 3. The average Bonchev–Trinajstić information content (AvgIpc) is 2.13. The summed E-state index contributed by atoms with van der Waals surface area (Å²) in [6.07, 6.45) is -2.79. The first-order chi connectivity index (χ1) is 7.61. The van der Waals surface area contributed by atoms with Gasteiger partial charge in [0, 0.05) is 29.9 Å². The Balaban J connectivity index is 3.11. The number of Topliss-reactive ketones (excluding diaryl/α,β-unsaturated/α-hetero) is 1. The van der Waals surface area contributed by atoms with Crippen LogP contribution in [0.4, 0.5) is 13.2 Å². The summed E-state index contributed by atoms with van der Waals surface area (Å²) >= 11 is 0. The highest BCUT2D eigenvalue weighted by Crippen LogP contribution is 2.32. The molecule has 0 amide bonds. The predicted molar refractivity (Wildman–Crippen MR) is 56.5 cm³/mol. The van der Waals surface area contributed by atoms with Crippen LogP contribution in [0.2, 0.25) is 0 Å². The third kappa shape index (κ3) is 3.81. The van der Waals surface area contributed by atoms with Gasteiger partial charge < -0.3 is 5.73 Å². The Kier molecular flexibility index (Phi) is 3.56. The number of alkyl halides is 3. The van der Waals surface area contributed by atoms with E-state index < -0.39 is 28.6 Å². The molecular formula is C11H13F3N2O. The van der Waals surface area contributed by atoms with Crippen molar-refractivity contribution in [3.8, 4) is 0 Å². The molecule has 17 heavy (non-hydrogen) atoms. The fraction of sp³-hybridized carbons (Fsp3) is 0.455. The molecule has 0 saturated carbocycles. The minimum atomic E-state index is -4.56. The molecule has 1 heterocycles. The third-order valence-electron chi connectivity index (χ3n) is 2.04. The number of halogens is 3. The van der Waals surface area contributed by atoms with Crippen LogP contribution in [0.15, 0.2) is 18.5 Å². The number of rotatable bonds is 3. The maximum atomic E-state index is 12.6. The van der Waals surface area contributed by atoms with Gasteiger partial charge in [0.2, 0.25) is 0 Å². The lowest BCUT2D eigenvalue weighted by molar-refractivity contribution is -0.138. The second kappa shape index (κ2) is 4.44. The van der Waals surface area contributed by atoms with Crippen LogP contribution in [0.5, 0.6) is 0 Å². The van der Waals surface area contributed by atoms with E-state index in [0.717, 1.165) is 18.5 Å². The van der Waals surface area contributed by atoms with Gasteiger partial charge in [-0.25, -0.2) is 0 Å². The third-order valence-corrected chi connectivity index (χ3v) is 2.04. The van der Waals surface area contributed by atoms with E-state index in [1.165, 1.54) is 0 Å². The number of ketones is 1. The SMILES string of the molecule is CC(C)(N)CC(=O)c1cnccc1C(F)(F)F. The zero-order chi connectivity index (χ0) is 13.3. The van der Waals surface area contributed by atoms with Crippen LogP contribution < -0.4 is 5.73 Å². The second-order valence-electron chi connectivity index (χ2n) is 4.51. The van der Waals surface area contributed by atoms with Crippen molar-refractivity contribution in [2.75, 3.05) is 0 Å². The number of pyridine rings is 1. The van der Waals surface area contributed by atoms with Gasteiger partial charge >= 0.3 is 6.18 Å². The first kappa shape index (κ1) is 13.6. The van der Waals surface area contributed by atoms with Gasteiger partial charge in [0.05, 0.1) is 5.56 Å². The molecule has 0 bridgehead atoms. The van der Waals surface area contributed by atoms with Crippen molar-refractivity contribution in [2.24, 2.45) is 5.73 Å². The van der Waals surface area contributed by atoms with Crippen molar-refractivity contribution >= 4 is 5.78 Å². The molecule has 0 spiro atoms. The van der Waals surface area contributed by atoms with Gasteiger partial charge in [-0.3, -0.25) is 9.78 Å². The van der Waals surface area contributed by atoms with Crippen LogP contribution >= 0.6 is 0 Å². The van der Waals surface area contributed by atoms with Crippen molar-refractivity contribution in [3.63, 3.8) is 0 Å². The molecule has 0 atom stereocenters. The van der Waals surface area contributed by atoms with Gasteiger partial charge in [-0.05, 0) is 19.9 Å². The van der Waals surface area contributed by atoms with Crippen LogP contribution in [-0.2, 0) is 6.18 Å². The Morgan fingerprint density at radius 3 is 2.47 bits per heavy atom. The standard InChI is InChI=1S/C11H13F3N2O/c1-10(2,15)5-9(17)7-6-16-4-3-8(7)11(12,13)14/h3-4,6H,5,15H2,1-2H3. The van der Waals surface area contributed by atoms with Gasteiger partial charge in [0.25, 0.3) is 0 Å². The fourth-order valence-electron chi connectivity index (χ4n) is 1.37. The maximum Gasteiger partial charge on any atom is 0.417 e. The monoisotopic (exact) mass is 246 g/mol. The molecule has 94 valence electrons. The summed E-state index contributed by atoms with van der Waals surface area (Å²) in [4.78, 5) is 15.3. The summed E-state index contributed by atoms with van der Waals surface area (Å²) in [5, 5.41) is 0. The molecule has 0 aliphatic rings. The zero-order valence-corrected chi connectivity index (χ0v) is 9.51. The van der Waals surface area contributed by atoms with Gasteiger partial charge in [-0.1, -0.05) is 0 Å². The molecule has 0 saturated heterocycles. The van der Waals surface area contributed by atoms with E-state index in [9.17, 15) is 18.0 Å². The average molecular weight is 246 g/mol. The van der Waals surface area contributed by atoms with E-state index in [2.05, 4.69) is 4.98 Å². The largest absolute Gasteiger partial charge is 0.417 e. The summed E-state index contributed by atoms with van der Waals surface area (Å²) in [5.74, 6) is -0.655. The first-order valence-electron chi connectivity index (χ1n) is 4.94. The lowest BCUT2D eigenvalue weighted by Gasteiger charge is -2.18. The van der Waals surface area contributed by atoms with Crippen molar-refractivity contribution in [1.82, 2.24) is 4.98 Å². The molecule has 0 fully saturated rings. The molecule has 0 aliphatic heterocycles. The van der Waals surface area contributed by atoms with Crippen LogP contribution in [0, 0.1) is 0 Å². The summed E-state index contributed by atoms with van der Waals surface area (Å²) in [7, 11) is 0. The number of nitrogens with zero attached hydrogens (tertiary/aromatic N) is 1. The molecule has 1 aromatic rings. The predicted octanol–water partition coefficient (Wildman–Crippen LogP) is 2.41. The molecule has 2 N–H and O–H groups in total. The minimum absolute atomic E-state index is 0.165. The second-order valence-corrected chi connectivity index (χ2v) is 4.51. The number of nitrogens with two attached hydrogens (primary N) is 1. The topological polar surface area (TPSA) is 56.0 Å². The Hall–Kier alpha value is -1.43. The highest BCUT2D eigenvalue weighted by Gasteiger charge is 2.35. The number of hydrogen-bond donors (Lipinski definition) is 1. The van der Waals surface area contributed by atoms with E-state index >= 15 is 0 Å². The summed E-state index contributed by atoms with van der Waals surface area (Å²) in [6, 6.07) is 0.788. The lowest BCUT2D eigenvalue weighted by Crippen LogP contribution is -2.35. The van der Waals surface area contributed by atoms with E-state index in [4.69, 9.17) is 5.73 Å². The molecule has 0 unspecified atom stereocenters. The Bertz CT molecular complexity index is 421. The van der Waals surface area contributed by atoms with Crippen LogP contribution in [0.25, 0.3) is 0 Å². The maximum absolute atomic E-state index is 12.6. The highest BCUT2D eigenvalue weighted by molar-refractivity contribution is 5.98. The first-order valence-corrected chi connectivity index (χ1v) is 4.94. The van der Waals surface area contributed by atoms with Crippen molar-refractivity contribution in [3.05, 3.63) is 29.6 Å². The number of carbonyl (C=O) groups excluding carboxylic acids is 1. The minimum Gasteiger partial charge on any atom is -0.325 e. The molecule has 1 aromatic heterocycles. The van der Waals surface area contributed by atoms with Crippen molar-refractivity contribution in [2.45, 2.75) is 32.0 Å². The molecule has 3 nitrogen and oxygen atoms in total. The summed E-state index contributed by atoms with van der Waals surface area (Å²) < 4.78 is 37.9. The molecule has 0 aromatic carbocycles. The molecule has 1 rings (SSSR count). The molecule has 0 aliphatic carbocycles. The van der Waals surface area contributed by atoms with Crippen LogP contribution in [0.1, 0.15) is 36.2 Å². The zero-order valence-electron chi connectivity index (χ0n) is 9.51. The van der Waals surface area contributed by atoms with Crippen LogP contribution in [-0.4, -0.2) is 16.3 Å². The smallest absolute Gasteiger partial charge is 0.325 e. The molecule has 0 radical (unpaired) electrons. The summed E-state index contributed by atoms with van der Waals surface area (Å²) in [6.45, 7) is 3.16. The van der Waals surface area contributed by atoms with Crippen molar-refractivity contribution < 1.29 is 18.0 Å². The number of aromatic nitrogens is 1. The Morgan fingerprint density at radius 2 is 2.00 bits per heavy atom.